The summed E-state index contributed by atoms with van der Waals surface area (Å²) in [6.45, 7) is -0.0814. The maximum Gasteiger partial charge on any atom is 0.307 e. The highest BCUT2D eigenvalue weighted by atomic mass is 16.5. The highest BCUT2D eigenvalue weighted by Gasteiger charge is 2.11. The molecule has 0 aliphatic heterocycles. The van der Waals surface area contributed by atoms with E-state index in [9.17, 15) is 9.59 Å². The Morgan fingerprint density at radius 2 is 1.84 bits per heavy atom. The number of rotatable bonds is 6. The van der Waals surface area contributed by atoms with Crippen LogP contribution in [0.5, 0.6) is 5.75 Å². The topological polar surface area (TPSA) is 75.6 Å². The number of ether oxygens (including phenoxy) is 1. The van der Waals surface area contributed by atoms with Crippen LogP contribution in [0.4, 0.5) is 5.69 Å². The Morgan fingerprint density at radius 3 is 2.64 bits per heavy atom. The monoisotopic (exact) mass is 339 g/mol. The van der Waals surface area contributed by atoms with Gasteiger partial charge in [0.1, 0.15) is 5.75 Å². The highest BCUT2D eigenvalue weighted by molar-refractivity contribution is 5.92. The molecule has 2 N–H and O–H groups in total. The third-order valence-corrected chi connectivity index (χ3v) is 4.26. The first-order chi connectivity index (χ1) is 12.1. The van der Waals surface area contributed by atoms with Gasteiger partial charge in [0.2, 0.25) is 0 Å². The van der Waals surface area contributed by atoms with Gasteiger partial charge in [-0.2, -0.15) is 0 Å². The van der Waals surface area contributed by atoms with E-state index in [0.717, 1.165) is 12.8 Å². The minimum absolute atomic E-state index is 0.0741. The van der Waals surface area contributed by atoms with E-state index in [2.05, 4.69) is 11.4 Å². The van der Waals surface area contributed by atoms with Crippen molar-refractivity contribution in [3.63, 3.8) is 0 Å². The van der Waals surface area contributed by atoms with Crippen molar-refractivity contribution in [3.05, 3.63) is 59.2 Å². The van der Waals surface area contributed by atoms with Crippen molar-refractivity contribution in [2.24, 2.45) is 0 Å². The molecule has 0 aromatic heterocycles. The second-order valence-electron chi connectivity index (χ2n) is 6.25. The van der Waals surface area contributed by atoms with Gasteiger partial charge < -0.3 is 15.2 Å². The highest BCUT2D eigenvalue weighted by Crippen LogP contribution is 2.25. The number of carboxylic acids is 1. The predicted octanol–water partition coefficient (Wildman–Crippen LogP) is 3.21. The molecule has 5 nitrogen and oxygen atoms in total. The van der Waals surface area contributed by atoms with Crippen LogP contribution in [0.15, 0.2) is 42.5 Å². The van der Waals surface area contributed by atoms with Gasteiger partial charge in [-0.25, -0.2) is 0 Å². The van der Waals surface area contributed by atoms with Gasteiger partial charge in [-0.1, -0.05) is 18.2 Å². The molecule has 130 valence electrons. The lowest BCUT2D eigenvalue weighted by Crippen LogP contribution is -2.20. The Hall–Kier alpha value is -2.82. The van der Waals surface area contributed by atoms with Crippen molar-refractivity contribution in [1.29, 1.82) is 0 Å². The standard InChI is InChI=1S/C20H21NO4/c22-19(21-17-7-3-4-14(10-17)11-20(23)24)13-25-18-9-8-15-5-1-2-6-16(15)12-18/h3-4,7-10,12H,1-2,5-6,11,13H2,(H,21,22)(H,23,24). The zero-order valence-electron chi connectivity index (χ0n) is 14.0. The number of amides is 1. The smallest absolute Gasteiger partial charge is 0.307 e. The Morgan fingerprint density at radius 1 is 1.04 bits per heavy atom. The quantitative estimate of drug-likeness (QED) is 0.847. The number of carbonyl (C=O) groups is 2. The first kappa shape index (κ1) is 17.0. The summed E-state index contributed by atoms with van der Waals surface area (Å²) in [4.78, 5) is 22.8. The van der Waals surface area contributed by atoms with Crippen molar-refractivity contribution in [2.45, 2.75) is 32.1 Å². The number of hydrogen-bond donors (Lipinski definition) is 2. The summed E-state index contributed by atoms with van der Waals surface area (Å²) in [5.74, 6) is -0.472. The molecule has 0 saturated carbocycles. The van der Waals surface area contributed by atoms with Gasteiger partial charge >= 0.3 is 5.97 Å². The van der Waals surface area contributed by atoms with Crippen LogP contribution in [0.25, 0.3) is 0 Å². The van der Waals surface area contributed by atoms with Gasteiger partial charge in [0.15, 0.2) is 6.61 Å². The lowest BCUT2D eigenvalue weighted by Gasteiger charge is -2.16. The van der Waals surface area contributed by atoms with Crippen LogP contribution >= 0.6 is 0 Å². The molecule has 1 aliphatic rings. The molecule has 5 heteroatoms. The summed E-state index contributed by atoms with van der Waals surface area (Å²) in [5.41, 5.74) is 3.89. The number of fused-ring (bicyclic) bond motifs is 1. The summed E-state index contributed by atoms with van der Waals surface area (Å²) >= 11 is 0. The fourth-order valence-corrected chi connectivity index (χ4v) is 3.08. The molecular formula is C20H21NO4. The molecule has 2 aromatic carbocycles. The largest absolute Gasteiger partial charge is 0.484 e. The maximum absolute atomic E-state index is 12.1. The second kappa shape index (κ2) is 7.83. The SMILES string of the molecule is O=C(O)Cc1cccc(NC(=O)COc2ccc3c(c2)CCCC3)c1. The van der Waals surface area contributed by atoms with E-state index in [1.165, 1.54) is 24.0 Å². The van der Waals surface area contributed by atoms with Crippen LogP contribution in [0, 0.1) is 0 Å². The van der Waals surface area contributed by atoms with E-state index in [1.807, 2.05) is 12.1 Å². The molecule has 0 spiro atoms. The molecule has 0 radical (unpaired) electrons. The van der Waals surface area contributed by atoms with Gasteiger partial charge in [0.05, 0.1) is 6.42 Å². The summed E-state index contributed by atoms with van der Waals surface area (Å²) in [7, 11) is 0. The molecule has 0 unspecified atom stereocenters. The molecule has 25 heavy (non-hydrogen) atoms. The molecule has 0 bridgehead atoms. The van der Waals surface area contributed by atoms with Crippen molar-refractivity contribution in [1.82, 2.24) is 0 Å². The third-order valence-electron chi connectivity index (χ3n) is 4.26. The number of aliphatic carboxylic acids is 1. The number of carboxylic acid groups (broad SMARTS) is 1. The van der Waals surface area contributed by atoms with Crippen LogP contribution in [-0.4, -0.2) is 23.6 Å². The summed E-state index contributed by atoms with van der Waals surface area (Å²) in [6, 6.07) is 12.8. The average Bonchev–Trinajstić information content (AvgIpc) is 2.59. The van der Waals surface area contributed by atoms with E-state index >= 15 is 0 Å². The summed E-state index contributed by atoms with van der Waals surface area (Å²) in [5, 5.41) is 11.6. The van der Waals surface area contributed by atoms with Gasteiger partial charge in [-0.15, -0.1) is 0 Å². The zero-order valence-corrected chi connectivity index (χ0v) is 14.0. The van der Waals surface area contributed by atoms with Crippen LogP contribution < -0.4 is 10.1 Å². The first-order valence-electron chi connectivity index (χ1n) is 8.45. The number of benzene rings is 2. The third kappa shape index (κ3) is 4.83. The molecule has 1 amide bonds. The van der Waals surface area contributed by atoms with Gasteiger partial charge in [-0.05, 0) is 66.6 Å². The number of aryl methyl sites for hydroxylation is 2. The van der Waals surface area contributed by atoms with Gasteiger partial charge in [-0.3, -0.25) is 9.59 Å². The van der Waals surface area contributed by atoms with E-state index in [1.54, 1.807) is 24.3 Å². The molecule has 1 aliphatic carbocycles. The Kier molecular flexibility index (Phi) is 5.33. The van der Waals surface area contributed by atoms with Gasteiger partial charge in [0, 0.05) is 5.69 Å². The Labute approximate surface area is 146 Å². The van der Waals surface area contributed by atoms with Crippen molar-refractivity contribution in [3.8, 4) is 5.75 Å². The number of carbonyl (C=O) groups excluding carboxylic acids is 1. The lowest BCUT2D eigenvalue weighted by atomic mass is 9.92. The first-order valence-corrected chi connectivity index (χ1v) is 8.45. The molecule has 0 atom stereocenters. The van der Waals surface area contributed by atoms with Crippen LogP contribution in [0.2, 0.25) is 0 Å². The summed E-state index contributed by atoms with van der Waals surface area (Å²) < 4.78 is 5.59. The fourth-order valence-electron chi connectivity index (χ4n) is 3.08. The van der Waals surface area contributed by atoms with Crippen LogP contribution in [0.1, 0.15) is 29.5 Å². The molecule has 3 rings (SSSR count). The number of anilines is 1. The van der Waals surface area contributed by atoms with Gasteiger partial charge in [0.25, 0.3) is 5.91 Å². The minimum atomic E-state index is -0.904. The average molecular weight is 339 g/mol. The summed E-state index contributed by atoms with van der Waals surface area (Å²) in [6.07, 6.45) is 4.54. The maximum atomic E-state index is 12.1. The Bertz CT molecular complexity index is 785. The number of nitrogens with one attached hydrogen (secondary N) is 1. The normalized spacial score (nSPS) is 13.0. The van der Waals surface area contributed by atoms with E-state index < -0.39 is 5.97 Å². The van der Waals surface area contributed by atoms with Crippen LogP contribution in [-0.2, 0) is 28.9 Å². The van der Waals surface area contributed by atoms with Crippen molar-refractivity contribution >= 4 is 17.6 Å². The molecule has 0 saturated heterocycles. The van der Waals surface area contributed by atoms with E-state index in [0.29, 0.717) is 17.0 Å². The molecule has 0 heterocycles. The predicted molar refractivity (Wildman–Crippen MR) is 95.0 cm³/mol. The van der Waals surface area contributed by atoms with E-state index in [4.69, 9.17) is 9.84 Å². The fraction of sp³-hybridized carbons (Fsp3) is 0.300. The molecule has 2 aromatic rings. The van der Waals surface area contributed by atoms with Crippen molar-refractivity contribution < 1.29 is 19.4 Å². The molecule has 0 fully saturated rings. The van der Waals surface area contributed by atoms with Crippen molar-refractivity contribution in [2.75, 3.05) is 11.9 Å². The molecular weight excluding hydrogens is 318 g/mol. The number of hydrogen-bond acceptors (Lipinski definition) is 3. The van der Waals surface area contributed by atoms with Crippen LogP contribution in [0.3, 0.4) is 0 Å². The zero-order chi connectivity index (χ0) is 17.6. The second-order valence-corrected chi connectivity index (χ2v) is 6.25. The minimum Gasteiger partial charge on any atom is -0.484 e. The Balaban J connectivity index is 1.55. The lowest BCUT2D eigenvalue weighted by molar-refractivity contribution is -0.136. The van der Waals surface area contributed by atoms with E-state index in [-0.39, 0.29) is 18.9 Å².